The molecule has 0 aliphatic rings. The summed E-state index contributed by atoms with van der Waals surface area (Å²) in [6.45, 7) is 0. The van der Waals surface area contributed by atoms with Crippen LogP contribution in [0.25, 0.3) is 0 Å². The number of nitrogens with two attached hydrogens (primary N) is 1. The fourth-order valence-electron chi connectivity index (χ4n) is 1.07. The molecule has 0 amide bonds. The molecule has 2 rings (SSSR count). The monoisotopic (exact) mass is 235 g/mol. The van der Waals surface area contributed by atoms with Crippen molar-refractivity contribution in [3.05, 3.63) is 36.2 Å². The van der Waals surface area contributed by atoms with Gasteiger partial charge in [-0.25, -0.2) is 0 Å². The fourth-order valence-corrected chi connectivity index (χ4v) is 1.67. The molecule has 1 aromatic carbocycles. The number of rotatable bonds is 3. The van der Waals surface area contributed by atoms with Gasteiger partial charge in [0.15, 0.2) is 0 Å². The van der Waals surface area contributed by atoms with Gasteiger partial charge in [-0.2, -0.15) is 9.36 Å². The molecule has 0 aliphatic heterocycles. The third-order valence-corrected chi connectivity index (χ3v) is 2.42. The lowest BCUT2D eigenvalue weighted by atomic mass is 10.3. The molecule has 1 aromatic heterocycles. The predicted octanol–water partition coefficient (Wildman–Crippen LogP) is 1.38. The second kappa shape index (κ2) is 4.58. The molecule has 0 fully saturated rings. The summed E-state index contributed by atoms with van der Waals surface area (Å²) in [6, 6.07) is 9.56. The summed E-state index contributed by atoms with van der Waals surface area (Å²) in [5.41, 5.74) is 6.26. The number of aromatic nitrogens is 2. The van der Waals surface area contributed by atoms with Gasteiger partial charge in [0, 0.05) is 17.2 Å². The van der Waals surface area contributed by atoms with E-state index in [1.54, 1.807) is 0 Å². The van der Waals surface area contributed by atoms with Crippen LogP contribution in [0.5, 0.6) is 0 Å². The number of nitrogens with one attached hydrogen (secondary N) is 1. The summed E-state index contributed by atoms with van der Waals surface area (Å²) >= 11 is 1.14. The van der Waals surface area contributed by atoms with Crippen LogP contribution in [-0.2, 0) is 0 Å². The lowest BCUT2D eigenvalue weighted by Crippen LogP contribution is -2.14. The van der Waals surface area contributed by atoms with Crippen LogP contribution in [0.1, 0.15) is 5.82 Å². The van der Waals surface area contributed by atoms with Crippen LogP contribution in [0.15, 0.2) is 35.5 Å². The number of amidine groups is 1. The average molecular weight is 235 g/mol. The minimum Gasteiger partial charge on any atom is -0.409 e. The Morgan fingerprint density at radius 2 is 2.12 bits per heavy atom. The Morgan fingerprint density at radius 1 is 1.38 bits per heavy atom. The van der Waals surface area contributed by atoms with Crippen LogP contribution in [-0.4, -0.2) is 20.4 Å². The van der Waals surface area contributed by atoms with Crippen LogP contribution in [0.4, 0.5) is 10.8 Å². The second-order valence-electron chi connectivity index (χ2n) is 2.90. The number of nitrogens with zero attached hydrogens (tertiary/aromatic N) is 3. The molecule has 7 heteroatoms. The molecule has 82 valence electrons. The Balaban J connectivity index is 2.15. The van der Waals surface area contributed by atoms with Gasteiger partial charge in [0.25, 0.3) is 0 Å². The first-order valence-corrected chi connectivity index (χ1v) is 5.20. The molecule has 0 spiro atoms. The molecule has 2 aromatic rings. The van der Waals surface area contributed by atoms with E-state index in [0.717, 1.165) is 17.2 Å². The molecule has 1 heterocycles. The van der Waals surface area contributed by atoms with Gasteiger partial charge in [-0.1, -0.05) is 23.4 Å². The first-order valence-electron chi connectivity index (χ1n) is 4.43. The van der Waals surface area contributed by atoms with Gasteiger partial charge in [-0.15, -0.1) is 0 Å². The van der Waals surface area contributed by atoms with E-state index in [-0.39, 0.29) is 11.7 Å². The molecule has 0 atom stereocenters. The third kappa shape index (κ3) is 2.26. The van der Waals surface area contributed by atoms with Crippen molar-refractivity contribution in [1.29, 1.82) is 0 Å². The average Bonchev–Trinajstić information content (AvgIpc) is 2.78. The minimum atomic E-state index is -0.0997. The molecular weight excluding hydrogens is 226 g/mol. The highest BCUT2D eigenvalue weighted by Crippen LogP contribution is 2.17. The number of oxime groups is 1. The van der Waals surface area contributed by atoms with Gasteiger partial charge in [0.1, 0.15) is 0 Å². The summed E-state index contributed by atoms with van der Waals surface area (Å²) in [4.78, 5) is 4.06. The van der Waals surface area contributed by atoms with Crippen molar-refractivity contribution in [3.8, 4) is 0 Å². The molecule has 0 saturated heterocycles. The quantitative estimate of drug-likeness (QED) is 0.323. The fraction of sp³-hybridized carbons (Fsp3) is 0. The minimum absolute atomic E-state index is 0.0997. The molecule has 0 saturated carbocycles. The molecule has 0 radical (unpaired) electrons. The Hall–Kier alpha value is -2.15. The van der Waals surface area contributed by atoms with E-state index in [0.29, 0.717) is 5.13 Å². The highest BCUT2D eigenvalue weighted by Gasteiger charge is 2.07. The van der Waals surface area contributed by atoms with E-state index in [1.807, 2.05) is 30.3 Å². The summed E-state index contributed by atoms with van der Waals surface area (Å²) in [5, 5.41) is 14.9. The van der Waals surface area contributed by atoms with Crippen molar-refractivity contribution in [2.24, 2.45) is 10.9 Å². The topological polar surface area (TPSA) is 96.4 Å². The molecule has 6 nitrogen and oxygen atoms in total. The maximum atomic E-state index is 8.45. The van der Waals surface area contributed by atoms with Gasteiger partial charge in [0.2, 0.25) is 16.8 Å². The molecule has 0 aliphatic carbocycles. The number of hydrogen-bond donors (Lipinski definition) is 3. The predicted molar refractivity (Wildman–Crippen MR) is 62.1 cm³/mol. The standard InChI is InChI=1S/C9H9N5OS/c10-7(13-15)8-12-9(16-14-8)11-6-4-2-1-3-5-6/h1-5,15H,(H2,10,13)(H,11,12,14). The second-order valence-corrected chi connectivity index (χ2v) is 3.65. The van der Waals surface area contributed by atoms with Gasteiger partial charge in [-0.05, 0) is 12.1 Å². The lowest BCUT2D eigenvalue weighted by molar-refractivity contribution is 0.318. The number of anilines is 2. The zero-order valence-electron chi connectivity index (χ0n) is 8.16. The van der Waals surface area contributed by atoms with Crippen LogP contribution in [0.3, 0.4) is 0 Å². The largest absolute Gasteiger partial charge is 0.409 e. The zero-order chi connectivity index (χ0) is 11.4. The SMILES string of the molecule is N/C(=N\O)c1nsc(Nc2ccccc2)n1. The highest BCUT2D eigenvalue weighted by molar-refractivity contribution is 7.09. The first kappa shape index (κ1) is 10.4. The van der Waals surface area contributed by atoms with Gasteiger partial charge >= 0.3 is 0 Å². The number of hydrogen-bond acceptors (Lipinski definition) is 6. The van der Waals surface area contributed by atoms with E-state index in [2.05, 4.69) is 19.8 Å². The molecule has 16 heavy (non-hydrogen) atoms. The van der Waals surface area contributed by atoms with Crippen LogP contribution >= 0.6 is 11.5 Å². The van der Waals surface area contributed by atoms with E-state index in [1.165, 1.54) is 0 Å². The molecule has 4 N–H and O–H groups in total. The van der Waals surface area contributed by atoms with E-state index in [4.69, 9.17) is 10.9 Å². The van der Waals surface area contributed by atoms with E-state index < -0.39 is 0 Å². The van der Waals surface area contributed by atoms with Gasteiger partial charge in [0.05, 0.1) is 0 Å². The Kier molecular flexibility index (Phi) is 2.97. The summed E-state index contributed by atoms with van der Waals surface area (Å²) in [7, 11) is 0. The van der Waals surface area contributed by atoms with Crippen LogP contribution in [0.2, 0.25) is 0 Å². The van der Waals surface area contributed by atoms with Crippen LogP contribution in [0, 0.1) is 0 Å². The molecule has 0 bridgehead atoms. The Morgan fingerprint density at radius 3 is 2.81 bits per heavy atom. The Bertz CT molecular complexity index is 496. The lowest BCUT2D eigenvalue weighted by Gasteiger charge is -1.99. The Labute approximate surface area is 95.6 Å². The normalized spacial score (nSPS) is 11.4. The third-order valence-electron chi connectivity index (χ3n) is 1.79. The van der Waals surface area contributed by atoms with Crippen molar-refractivity contribution in [2.45, 2.75) is 0 Å². The maximum absolute atomic E-state index is 8.45. The number of benzene rings is 1. The first-order chi connectivity index (χ1) is 7.79. The number of para-hydroxylation sites is 1. The smallest absolute Gasteiger partial charge is 0.213 e. The van der Waals surface area contributed by atoms with Crippen molar-refractivity contribution in [1.82, 2.24) is 9.36 Å². The van der Waals surface area contributed by atoms with Gasteiger partial charge < -0.3 is 16.3 Å². The van der Waals surface area contributed by atoms with Crippen molar-refractivity contribution >= 4 is 28.2 Å². The van der Waals surface area contributed by atoms with Crippen molar-refractivity contribution in [3.63, 3.8) is 0 Å². The van der Waals surface area contributed by atoms with Crippen molar-refractivity contribution in [2.75, 3.05) is 5.32 Å². The molecular formula is C9H9N5OS. The zero-order valence-corrected chi connectivity index (χ0v) is 8.98. The molecule has 0 unspecified atom stereocenters. The highest BCUT2D eigenvalue weighted by atomic mass is 32.1. The van der Waals surface area contributed by atoms with E-state index >= 15 is 0 Å². The van der Waals surface area contributed by atoms with Gasteiger partial charge in [-0.3, -0.25) is 0 Å². The van der Waals surface area contributed by atoms with Crippen molar-refractivity contribution < 1.29 is 5.21 Å². The summed E-state index contributed by atoms with van der Waals surface area (Å²) < 4.78 is 3.94. The summed E-state index contributed by atoms with van der Waals surface area (Å²) in [6.07, 6.45) is 0. The van der Waals surface area contributed by atoms with Crippen LogP contribution < -0.4 is 11.1 Å². The maximum Gasteiger partial charge on any atom is 0.213 e. The summed E-state index contributed by atoms with van der Waals surface area (Å²) in [5.74, 6) is 0.114. The van der Waals surface area contributed by atoms with E-state index in [9.17, 15) is 0 Å².